The average molecular weight is 406 g/mol. The van der Waals surface area contributed by atoms with Crippen molar-refractivity contribution in [2.24, 2.45) is 0 Å². The summed E-state index contributed by atoms with van der Waals surface area (Å²) in [6, 6.07) is -0.652. The Morgan fingerprint density at radius 3 is 3.00 bits per heavy atom. The Kier molecular flexibility index (Phi) is 5.02. The smallest absolute Gasteiger partial charge is 0.263 e. The van der Waals surface area contributed by atoms with Gasteiger partial charge in [0.1, 0.15) is 22.5 Å². The van der Waals surface area contributed by atoms with Crippen LogP contribution in [0, 0.1) is 0 Å². The Labute approximate surface area is 163 Å². The van der Waals surface area contributed by atoms with E-state index < -0.39 is 6.04 Å². The number of aromatic nitrogens is 4. The van der Waals surface area contributed by atoms with Gasteiger partial charge in [-0.15, -0.1) is 21.5 Å². The highest BCUT2D eigenvalue weighted by atomic mass is 32.1. The summed E-state index contributed by atoms with van der Waals surface area (Å²) in [6.07, 6.45) is 4.94. The van der Waals surface area contributed by atoms with E-state index in [0.717, 1.165) is 29.7 Å². The van der Waals surface area contributed by atoms with Gasteiger partial charge in [-0.2, -0.15) is 0 Å². The summed E-state index contributed by atoms with van der Waals surface area (Å²) in [4.78, 5) is 32.4. The molecule has 3 heterocycles. The summed E-state index contributed by atoms with van der Waals surface area (Å²) in [6.45, 7) is 2.21. The van der Waals surface area contributed by atoms with Gasteiger partial charge in [0.25, 0.3) is 5.56 Å². The third-order valence-corrected chi connectivity index (χ3v) is 6.65. The van der Waals surface area contributed by atoms with Crippen LogP contribution in [0.2, 0.25) is 0 Å². The minimum Gasteiger partial charge on any atom is -0.377 e. The number of hydrogen-bond acceptors (Lipinski definition) is 8. The van der Waals surface area contributed by atoms with Crippen molar-refractivity contribution in [1.29, 1.82) is 0 Å². The predicted octanol–water partition coefficient (Wildman–Crippen LogP) is 2.53. The van der Waals surface area contributed by atoms with Crippen LogP contribution in [0.15, 0.2) is 11.1 Å². The molecule has 1 unspecified atom stereocenters. The number of fused-ring (bicyclic) bond motifs is 3. The number of aryl methyl sites for hydroxylation is 2. The molecule has 3 aromatic heterocycles. The van der Waals surface area contributed by atoms with Crippen molar-refractivity contribution in [1.82, 2.24) is 19.7 Å². The molecule has 0 spiro atoms. The number of amides is 1. The third-order valence-electron chi connectivity index (χ3n) is 4.64. The maximum Gasteiger partial charge on any atom is 0.263 e. The fourth-order valence-electron chi connectivity index (χ4n) is 3.40. The second-order valence-corrected chi connectivity index (χ2v) is 8.49. The SMILES string of the molecule is CCC(C(=O)Nc1nnc(COC)s1)n1cnc2sc3c(c2c1=O)CCC3. The van der Waals surface area contributed by atoms with Crippen molar-refractivity contribution in [3.05, 3.63) is 32.1 Å². The van der Waals surface area contributed by atoms with Crippen molar-refractivity contribution in [3.63, 3.8) is 0 Å². The number of rotatable bonds is 6. The number of carbonyl (C=O) groups excluding carboxylic acids is 1. The third kappa shape index (κ3) is 3.28. The summed E-state index contributed by atoms with van der Waals surface area (Å²) in [5.74, 6) is -0.298. The maximum absolute atomic E-state index is 13.1. The van der Waals surface area contributed by atoms with Crippen LogP contribution in [-0.4, -0.2) is 32.8 Å². The maximum atomic E-state index is 13.1. The number of nitrogens with one attached hydrogen (secondary N) is 1. The Bertz CT molecular complexity index is 1050. The minimum atomic E-state index is -0.652. The largest absolute Gasteiger partial charge is 0.377 e. The lowest BCUT2D eigenvalue weighted by molar-refractivity contribution is -0.119. The highest BCUT2D eigenvalue weighted by molar-refractivity contribution is 7.18. The van der Waals surface area contributed by atoms with Crippen molar-refractivity contribution < 1.29 is 9.53 Å². The molecule has 3 aromatic rings. The molecule has 1 N–H and O–H groups in total. The first kappa shape index (κ1) is 18.2. The molecular formula is C17H19N5O3S2. The highest BCUT2D eigenvalue weighted by Crippen LogP contribution is 2.34. The molecular weight excluding hydrogens is 386 g/mol. The number of anilines is 1. The number of nitrogens with zero attached hydrogens (tertiary/aromatic N) is 4. The van der Waals surface area contributed by atoms with Crippen LogP contribution in [0.5, 0.6) is 0 Å². The Balaban J connectivity index is 1.64. The van der Waals surface area contributed by atoms with E-state index in [4.69, 9.17) is 4.74 Å². The van der Waals surface area contributed by atoms with Crippen LogP contribution < -0.4 is 10.9 Å². The Morgan fingerprint density at radius 1 is 1.37 bits per heavy atom. The molecule has 1 aliphatic rings. The normalized spacial score (nSPS) is 14.4. The van der Waals surface area contributed by atoms with E-state index in [1.165, 1.54) is 27.1 Å². The molecule has 1 atom stereocenters. The van der Waals surface area contributed by atoms with E-state index in [2.05, 4.69) is 20.5 Å². The zero-order valence-corrected chi connectivity index (χ0v) is 16.7. The van der Waals surface area contributed by atoms with Crippen LogP contribution in [0.4, 0.5) is 5.13 Å². The standard InChI is InChI=1S/C17H19N5O3S2/c1-3-10(14(23)19-17-21-20-12(27-17)7-25-2)22-8-18-15-13(16(22)24)9-5-4-6-11(9)26-15/h8,10H,3-7H2,1-2H3,(H,19,21,23). The first-order valence-corrected chi connectivity index (χ1v) is 10.4. The van der Waals surface area contributed by atoms with Gasteiger partial charge in [0, 0.05) is 12.0 Å². The first-order chi connectivity index (χ1) is 13.1. The van der Waals surface area contributed by atoms with E-state index in [-0.39, 0.29) is 11.5 Å². The number of methoxy groups -OCH3 is 1. The number of ether oxygens (including phenoxy) is 1. The molecule has 1 amide bonds. The predicted molar refractivity (Wildman–Crippen MR) is 104 cm³/mol. The van der Waals surface area contributed by atoms with Gasteiger partial charge in [0.2, 0.25) is 11.0 Å². The fraction of sp³-hybridized carbons (Fsp3) is 0.471. The van der Waals surface area contributed by atoms with Crippen molar-refractivity contribution in [2.75, 3.05) is 12.4 Å². The minimum absolute atomic E-state index is 0.140. The van der Waals surface area contributed by atoms with Crippen LogP contribution in [0.1, 0.15) is 41.3 Å². The fourth-order valence-corrected chi connectivity index (χ4v) is 5.34. The Morgan fingerprint density at radius 2 is 2.22 bits per heavy atom. The molecule has 27 heavy (non-hydrogen) atoms. The van der Waals surface area contributed by atoms with Gasteiger partial charge in [-0.05, 0) is 31.2 Å². The van der Waals surface area contributed by atoms with Gasteiger partial charge in [-0.25, -0.2) is 4.98 Å². The van der Waals surface area contributed by atoms with Crippen molar-refractivity contribution in [2.45, 2.75) is 45.3 Å². The second-order valence-electron chi connectivity index (χ2n) is 6.34. The van der Waals surface area contributed by atoms with Gasteiger partial charge in [-0.3, -0.25) is 19.5 Å². The lowest BCUT2D eigenvalue weighted by atomic mass is 10.1. The van der Waals surface area contributed by atoms with E-state index in [1.54, 1.807) is 18.4 Å². The quantitative estimate of drug-likeness (QED) is 0.677. The zero-order chi connectivity index (χ0) is 19.0. The average Bonchev–Trinajstić information content (AvgIpc) is 3.34. The van der Waals surface area contributed by atoms with E-state index in [9.17, 15) is 9.59 Å². The summed E-state index contributed by atoms with van der Waals surface area (Å²) in [7, 11) is 1.57. The zero-order valence-electron chi connectivity index (χ0n) is 15.0. The van der Waals surface area contributed by atoms with Crippen molar-refractivity contribution in [3.8, 4) is 0 Å². The molecule has 0 radical (unpaired) electrons. The summed E-state index contributed by atoms with van der Waals surface area (Å²) in [5, 5.41) is 12.4. The second kappa shape index (κ2) is 7.45. The first-order valence-electron chi connectivity index (χ1n) is 8.76. The molecule has 0 aromatic carbocycles. The van der Waals surface area contributed by atoms with Gasteiger partial charge in [0.05, 0.1) is 11.7 Å². The van der Waals surface area contributed by atoms with Crippen LogP contribution in [0.25, 0.3) is 10.2 Å². The summed E-state index contributed by atoms with van der Waals surface area (Å²) < 4.78 is 6.46. The van der Waals surface area contributed by atoms with Gasteiger partial charge >= 0.3 is 0 Å². The molecule has 4 rings (SSSR count). The molecule has 0 saturated heterocycles. The van der Waals surface area contributed by atoms with Crippen LogP contribution in [0.3, 0.4) is 0 Å². The van der Waals surface area contributed by atoms with Crippen LogP contribution in [-0.2, 0) is 29.0 Å². The number of carbonyl (C=O) groups is 1. The number of thiophene rings is 1. The molecule has 1 aliphatic carbocycles. The van der Waals surface area contributed by atoms with Gasteiger partial charge in [0.15, 0.2) is 0 Å². The molecule has 0 bridgehead atoms. The summed E-state index contributed by atoms with van der Waals surface area (Å²) in [5.41, 5.74) is 0.976. The van der Waals surface area contributed by atoms with Crippen LogP contribution >= 0.6 is 22.7 Å². The monoisotopic (exact) mass is 405 g/mol. The Hall–Kier alpha value is -2.17. The van der Waals surface area contributed by atoms with Crippen molar-refractivity contribution >= 4 is 43.9 Å². The van der Waals surface area contributed by atoms with Gasteiger partial charge in [-0.1, -0.05) is 18.3 Å². The highest BCUT2D eigenvalue weighted by Gasteiger charge is 2.26. The number of hydrogen-bond donors (Lipinski definition) is 1. The lowest BCUT2D eigenvalue weighted by Gasteiger charge is -2.16. The summed E-state index contributed by atoms with van der Waals surface area (Å²) >= 11 is 2.85. The van der Waals surface area contributed by atoms with E-state index in [1.807, 2.05) is 6.92 Å². The van der Waals surface area contributed by atoms with Gasteiger partial charge < -0.3 is 4.74 Å². The molecule has 8 nitrogen and oxygen atoms in total. The molecule has 142 valence electrons. The molecule has 10 heteroatoms. The van der Waals surface area contributed by atoms with E-state index in [0.29, 0.717) is 28.6 Å². The molecule has 0 fully saturated rings. The molecule has 0 saturated carbocycles. The topological polar surface area (TPSA) is 99.0 Å². The molecule has 0 aliphatic heterocycles. The lowest BCUT2D eigenvalue weighted by Crippen LogP contribution is -2.33. The van der Waals surface area contributed by atoms with E-state index >= 15 is 0 Å².